The van der Waals surface area contributed by atoms with Gasteiger partial charge in [-0.3, -0.25) is 4.79 Å². The highest BCUT2D eigenvalue weighted by Gasteiger charge is 2.33. The lowest BCUT2D eigenvalue weighted by molar-refractivity contribution is -0.120. The minimum atomic E-state index is -3.56. The third kappa shape index (κ3) is 5.47. The van der Waals surface area contributed by atoms with Crippen LogP contribution in [0, 0.1) is 5.92 Å². The molecule has 0 unspecified atom stereocenters. The van der Waals surface area contributed by atoms with Crippen LogP contribution >= 0.6 is 11.3 Å². The highest BCUT2D eigenvalue weighted by Crippen LogP contribution is 2.27. The van der Waals surface area contributed by atoms with Gasteiger partial charge in [-0.2, -0.15) is 4.31 Å². The molecule has 30 heavy (non-hydrogen) atoms. The molecule has 0 bridgehead atoms. The highest BCUT2D eigenvalue weighted by molar-refractivity contribution is 7.91. The van der Waals surface area contributed by atoms with E-state index in [0.29, 0.717) is 41.5 Å². The highest BCUT2D eigenvalue weighted by atomic mass is 32.2. The number of sulfonamides is 1. The zero-order chi connectivity index (χ0) is 21.6. The van der Waals surface area contributed by atoms with Crippen molar-refractivity contribution >= 4 is 38.9 Å². The van der Waals surface area contributed by atoms with Crippen LogP contribution in [0.15, 0.2) is 46.0 Å². The van der Waals surface area contributed by atoms with Crippen molar-refractivity contribution in [2.75, 3.05) is 25.0 Å². The number of hydrogen-bond acceptors (Lipinski definition) is 6. The topological polar surface area (TPSA) is 92.8 Å². The van der Waals surface area contributed by atoms with Gasteiger partial charge < -0.3 is 10.1 Å². The molecule has 0 spiro atoms. The maximum absolute atomic E-state index is 12.7. The molecule has 9 heteroatoms. The summed E-state index contributed by atoms with van der Waals surface area (Å²) in [5, 5.41) is 4.55. The Morgan fingerprint density at radius 2 is 2.00 bits per heavy atom. The largest absolute Gasteiger partial charge is 0.462 e. The number of anilines is 1. The molecule has 162 valence electrons. The minimum absolute atomic E-state index is 0.161. The number of benzene rings is 1. The lowest BCUT2D eigenvalue weighted by Crippen LogP contribution is -2.43. The van der Waals surface area contributed by atoms with E-state index in [1.807, 2.05) is 6.92 Å². The average Bonchev–Trinajstić information content (AvgIpc) is 3.30. The second-order valence-corrected chi connectivity index (χ2v) is 10.3. The third-order valence-corrected chi connectivity index (χ3v) is 8.20. The summed E-state index contributed by atoms with van der Waals surface area (Å²) in [5.41, 5.74) is 0.985. The Balaban J connectivity index is 1.58. The van der Waals surface area contributed by atoms with E-state index >= 15 is 0 Å². The van der Waals surface area contributed by atoms with Gasteiger partial charge in [0.1, 0.15) is 4.21 Å². The molecule has 1 fully saturated rings. The molecule has 2 aromatic rings. The number of esters is 1. The second kappa shape index (κ2) is 10.2. The number of rotatable bonds is 8. The van der Waals surface area contributed by atoms with Crippen LogP contribution in [0.4, 0.5) is 5.69 Å². The summed E-state index contributed by atoms with van der Waals surface area (Å²) in [7, 11) is -3.56. The van der Waals surface area contributed by atoms with E-state index in [1.165, 1.54) is 15.6 Å². The first-order valence-corrected chi connectivity index (χ1v) is 12.4. The Bertz CT molecular complexity index is 956. The van der Waals surface area contributed by atoms with Crippen LogP contribution in [0.25, 0.3) is 0 Å². The van der Waals surface area contributed by atoms with E-state index in [4.69, 9.17) is 4.74 Å². The summed E-state index contributed by atoms with van der Waals surface area (Å²) in [6.45, 7) is 2.99. The lowest BCUT2D eigenvalue weighted by Gasteiger charge is -2.30. The number of hydrogen-bond donors (Lipinski definition) is 1. The van der Waals surface area contributed by atoms with Crippen LogP contribution in [-0.2, 0) is 19.6 Å². The van der Waals surface area contributed by atoms with E-state index in [0.717, 1.165) is 12.8 Å². The second-order valence-electron chi connectivity index (χ2n) is 7.19. The van der Waals surface area contributed by atoms with Crippen molar-refractivity contribution in [3.8, 4) is 0 Å². The maximum Gasteiger partial charge on any atom is 0.338 e. The molecule has 1 aliphatic heterocycles. The molecule has 1 atom stereocenters. The van der Waals surface area contributed by atoms with Crippen molar-refractivity contribution in [3.05, 3.63) is 47.3 Å². The molecule has 1 N–H and O–H groups in total. The molecule has 0 saturated carbocycles. The predicted molar refractivity (Wildman–Crippen MR) is 116 cm³/mol. The Kier molecular flexibility index (Phi) is 7.63. The summed E-state index contributed by atoms with van der Waals surface area (Å²) in [6, 6.07) is 9.80. The summed E-state index contributed by atoms with van der Waals surface area (Å²) in [4.78, 5) is 24.7. The normalized spacial score (nSPS) is 17.4. The van der Waals surface area contributed by atoms with Gasteiger partial charge in [-0.25, -0.2) is 13.2 Å². The molecule has 0 radical (unpaired) electrons. The van der Waals surface area contributed by atoms with E-state index < -0.39 is 15.9 Å². The van der Waals surface area contributed by atoms with Crippen LogP contribution in [-0.4, -0.2) is 44.3 Å². The van der Waals surface area contributed by atoms with Gasteiger partial charge in [-0.15, -0.1) is 11.3 Å². The van der Waals surface area contributed by atoms with Gasteiger partial charge in [0, 0.05) is 18.8 Å². The fourth-order valence-electron chi connectivity index (χ4n) is 3.24. The SMILES string of the molecule is CCCCOC(=O)c1ccc(NC(=O)[C@@H]2CCCN(S(=O)(=O)c3cccs3)C2)cc1. The fourth-order valence-corrected chi connectivity index (χ4v) is 5.91. The Morgan fingerprint density at radius 3 is 2.67 bits per heavy atom. The van der Waals surface area contributed by atoms with Gasteiger partial charge in [0.2, 0.25) is 5.91 Å². The van der Waals surface area contributed by atoms with Crippen LogP contribution in [0.5, 0.6) is 0 Å². The number of carbonyl (C=O) groups excluding carboxylic acids is 2. The summed E-state index contributed by atoms with van der Waals surface area (Å²) < 4.78 is 32.3. The van der Waals surface area contributed by atoms with Crippen molar-refractivity contribution in [2.45, 2.75) is 36.8 Å². The van der Waals surface area contributed by atoms with Gasteiger partial charge in [-0.1, -0.05) is 19.4 Å². The predicted octanol–water partition coefficient (Wildman–Crippen LogP) is 3.74. The van der Waals surface area contributed by atoms with E-state index in [1.54, 1.807) is 41.8 Å². The van der Waals surface area contributed by atoms with Crippen molar-refractivity contribution < 1.29 is 22.7 Å². The van der Waals surface area contributed by atoms with Crippen LogP contribution in [0.2, 0.25) is 0 Å². The smallest absolute Gasteiger partial charge is 0.338 e. The van der Waals surface area contributed by atoms with Crippen LogP contribution in [0.1, 0.15) is 43.0 Å². The van der Waals surface area contributed by atoms with Gasteiger partial charge >= 0.3 is 5.97 Å². The number of amides is 1. The Hall–Kier alpha value is -2.23. The Labute approximate surface area is 181 Å². The van der Waals surface area contributed by atoms with Gasteiger partial charge in [0.15, 0.2) is 0 Å². The fraction of sp³-hybridized carbons (Fsp3) is 0.429. The van der Waals surface area contributed by atoms with Gasteiger partial charge in [0.05, 0.1) is 18.1 Å². The maximum atomic E-state index is 12.7. The first kappa shape index (κ1) is 22.5. The standard InChI is InChI=1S/C21H26N2O5S2/c1-2-3-13-28-21(25)16-8-10-18(11-9-16)22-20(24)17-6-4-12-23(15-17)30(26,27)19-7-5-14-29-19/h5,7-11,14,17H,2-4,6,12-13,15H2,1H3,(H,22,24)/t17-/m1/s1. The van der Waals surface area contributed by atoms with E-state index in [-0.39, 0.29) is 18.4 Å². The number of piperidine rings is 1. The Morgan fingerprint density at radius 1 is 1.23 bits per heavy atom. The van der Waals surface area contributed by atoms with E-state index in [9.17, 15) is 18.0 Å². The third-order valence-electron chi connectivity index (χ3n) is 4.96. The van der Waals surface area contributed by atoms with Crippen LogP contribution in [0.3, 0.4) is 0 Å². The van der Waals surface area contributed by atoms with Gasteiger partial charge in [-0.05, 0) is 55.0 Å². The van der Waals surface area contributed by atoms with Gasteiger partial charge in [0.25, 0.3) is 10.0 Å². The van der Waals surface area contributed by atoms with Crippen molar-refractivity contribution in [1.29, 1.82) is 0 Å². The number of nitrogens with zero attached hydrogens (tertiary/aromatic N) is 1. The van der Waals surface area contributed by atoms with Crippen LogP contribution < -0.4 is 5.32 Å². The lowest BCUT2D eigenvalue weighted by atomic mass is 9.98. The number of carbonyl (C=O) groups is 2. The zero-order valence-electron chi connectivity index (χ0n) is 16.9. The molecule has 1 amide bonds. The molecule has 1 saturated heterocycles. The molecule has 3 rings (SSSR count). The van der Waals surface area contributed by atoms with Crippen molar-refractivity contribution in [2.24, 2.45) is 5.92 Å². The zero-order valence-corrected chi connectivity index (χ0v) is 18.5. The molecule has 2 heterocycles. The first-order chi connectivity index (χ1) is 14.4. The number of unbranched alkanes of at least 4 members (excludes halogenated alkanes) is 1. The summed E-state index contributed by atoms with van der Waals surface area (Å²) in [6.07, 6.45) is 3.03. The molecular weight excluding hydrogens is 424 g/mol. The molecule has 1 aromatic carbocycles. The first-order valence-electron chi connectivity index (χ1n) is 10.0. The number of thiophene rings is 1. The number of ether oxygens (including phenoxy) is 1. The molecule has 1 aromatic heterocycles. The van der Waals surface area contributed by atoms with Crippen molar-refractivity contribution in [3.63, 3.8) is 0 Å². The number of nitrogens with one attached hydrogen (secondary N) is 1. The van der Waals surface area contributed by atoms with Crippen molar-refractivity contribution in [1.82, 2.24) is 4.31 Å². The molecular formula is C21H26N2O5S2. The average molecular weight is 451 g/mol. The summed E-state index contributed by atoms with van der Waals surface area (Å²) in [5.74, 6) is -1.03. The van der Waals surface area contributed by atoms with E-state index in [2.05, 4.69) is 5.32 Å². The monoisotopic (exact) mass is 450 g/mol. The molecule has 7 nitrogen and oxygen atoms in total. The minimum Gasteiger partial charge on any atom is -0.462 e. The summed E-state index contributed by atoms with van der Waals surface area (Å²) >= 11 is 1.18. The molecule has 0 aliphatic carbocycles. The quantitative estimate of drug-likeness (QED) is 0.488. The molecule has 1 aliphatic rings.